The van der Waals surface area contributed by atoms with E-state index in [1.165, 1.54) is 11.1 Å². The van der Waals surface area contributed by atoms with Crippen molar-refractivity contribution >= 4 is 5.97 Å². The third-order valence-electron chi connectivity index (χ3n) is 4.56. The summed E-state index contributed by atoms with van der Waals surface area (Å²) < 4.78 is 0. The number of carboxylic acid groups (broad SMARTS) is 1. The van der Waals surface area contributed by atoms with E-state index >= 15 is 0 Å². The summed E-state index contributed by atoms with van der Waals surface area (Å²) >= 11 is 0. The van der Waals surface area contributed by atoms with Gasteiger partial charge in [0.25, 0.3) is 0 Å². The van der Waals surface area contributed by atoms with Gasteiger partial charge in [-0.3, -0.25) is 4.79 Å². The standard InChI is InChI=1S/C18H26O2/c1-18(2,3)16-10-8-15(9-11-16)14-6-4-13(5-7-14)12-17(19)20/h8-11,13-14H,4-7,12H2,1-3H3,(H,19,20). The van der Waals surface area contributed by atoms with Crippen LogP contribution in [0.3, 0.4) is 0 Å². The lowest BCUT2D eigenvalue weighted by atomic mass is 9.77. The van der Waals surface area contributed by atoms with Gasteiger partial charge in [0.1, 0.15) is 0 Å². The molecular weight excluding hydrogens is 248 g/mol. The van der Waals surface area contributed by atoms with Gasteiger partial charge in [-0.25, -0.2) is 0 Å². The van der Waals surface area contributed by atoms with Gasteiger partial charge in [0.2, 0.25) is 0 Å². The molecule has 1 aromatic carbocycles. The SMILES string of the molecule is CC(C)(C)c1ccc(C2CCC(CC(=O)O)CC2)cc1. The van der Waals surface area contributed by atoms with Crippen LogP contribution in [0.1, 0.15) is 69.9 Å². The summed E-state index contributed by atoms with van der Waals surface area (Å²) in [5.41, 5.74) is 3.00. The van der Waals surface area contributed by atoms with Gasteiger partial charge >= 0.3 is 5.97 Å². The monoisotopic (exact) mass is 274 g/mol. The second kappa shape index (κ2) is 5.99. The van der Waals surface area contributed by atoms with E-state index in [2.05, 4.69) is 45.0 Å². The molecule has 0 spiro atoms. The van der Waals surface area contributed by atoms with Crippen LogP contribution in [0.5, 0.6) is 0 Å². The first kappa shape index (κ1) is 15.1. The Morgan fingerprint density at radius 2 is 1.65 bits per heavy atom. The van der Waals surface area contributed by atoms with E-state index in [9.17, 15) is 4.79 Å². The Hall–Kier alpha value is -1.31. The van der Waals surface area contributed by atoms with Crippen molar-refractivity contribution in [1.82, 2.24) is 0 Å². The van der Waals surface area contributed by atoms with Crippen molar-refractivity contribution in [3.63, 3.8) is 0 Å². The first-order chi connectivity index (χ1) is 9.36. The summed E-state index contributed by atoms with van der Waals surface area (Å²) in [5, 5.41) is 8.86. The van der Waals surface area contributed by atoms with E-state index in [-0.39, 0.29) is 5.41 Å². The molecule has 0 radical (unpaired) electrons. The van der Waals surface area contributed by atoms with Gasteiger partial charge in [-0.15, -0.1) is 0 Å². The van der Waals surface area contributed by atoms with Gasteiger partial charge in [-0.1, -0.05) is 45.0 Å². The highest BCUT2D eigenvalue weighted by Crippen LogP contribution is 2.37. The summed E-state index contributed by atoms with van der Waals surface area (Å²) in [6.07, 6.45) is 4.71. The molecular formula is C18H26O2. The second-order valence-electron chi connectivity index (χ2n) is 7.19. The molecule has 2 heteroatoms. The van der Waals surface area contributed by atoms with Gasteiger partial charge in [-0.05, 0) is 54.1 Å². The molecule has 0 aliphatic heterocycles. The second-order valence-corrected chi connectivity index (χ2v) is 7.19. The van der Waals surface area contributed by atoms with Crippen molar-refractivity contribution in [3.8, 4) is 0 Å². The van der Waals surface area contributed by atoms with Crippen molar-refractivity contribution in [1.29, 1.82) is 0 Å². The Kier molecular flexibility index (Phi) is 4.52. The Morgan fingerprint density at radius 1 is 1.10 bits per heavy atom. The molecule has 1 aromatic rings. The highest BCUT2D eigenvalue weighted by Gasteiger charge is 2.24. The Morgan fingerprint density at radius 3 is 2.10 bits per heavy atom. The zero-order valence-electron chi connectivity index (χ0n) is 12.9. The summed E-state index contributed by atoms with van der Waals surface area (Å²) in [6.45, 7) is 6.71. The predicted octanol–water partition coefficient (Wildman–Crippen LogP) is 4.73. The number of benzene rings is 1. The molecule has 0 bridgehead atoms. The molecule has 0 amide bonds. The fraction of sp³-hybridized carbons (Fsp3) is 0.611. The van der Waals surface area contributed by atoms with Gasteiger partial charge in [-0.2, -0.15) is 0 Å². The lowest BCUT2D eigenvalue weighted by molar-refractivity contribution is -0.138. The fourth-order valence-electron chi connectivity index (χ4n) is 3.20. The van der Waals surface area contributed by atoms with E-state index in [4.69, 9.17) is 5.11 Å². The number of hydrogen-bond donors (Lipinski definition) is 1. The van der Waals surface area contributed by atoms with E-state index in [1.54, 1.807) is 0 Å². The minimum absolute atomic E-state index is 0.206. The normalized spacial score (nSPS) is 23.6. The topological polar surface area (TPSA) is 37.3 Å². The van der Waals surface area contributed by atoms with Crippen LogP contribution in [0.25, 0.3) is 0 Å². The number of carbonyl (C=O) groups is 1. The van der Waals surface area contributed by atoms with Crippen molar-refractivity contribution < 1.29 is 9.90 Å². The average Bonchev–Trinajstić information content (AvgIpc) is 2.38. The lowest BCUT2D eigenvalue weighted by Crippen LogP contribution is -2.16. The highest BCUT2D eigenvalue weighted by atomic mass is 16.4. The average molecular weight is 274 g/mol. The molecule has 1 aliphatic carbocycles. The molecule has 0 heterocycles. The van der Waals surface area contributed by atoms with Crippen LogP contribution in [0.2, 0.25) is 0 Å². The lowest BCUT2D eigenvalue weighted by Gasteiger charge is -2.28. The highest BCUT2D eigenvalue weighted by molar-refractivity contribution is 5.67. The maximum Gasteiger partial charge on any atom is 0.303 e. The third kappa shape index (κ3) is 3.84. The molecule has 2 nitrogen and oxygen atoms in total. The summed E-state index contributed by atoms with van der Waals surface area (Å²) in [7, 11) is 0. The fourth-order valence-corrected chi connectivity index (χ4v) is 3.20. The van der Waals surface area contributed by atoms with E-state index < -0.39 is 5.97 Å². The molecule has 1 fully saturated rings. The number of carboxylic acids is 1. The minimum Gasteiger partial charge on any atom is -0.481 e. The van der Waals surface area contributed by atoms with Crippen molar-refractivity contribution in [2.24, 2.45) is 5.92 Å². The molecule has 0 unspecified atom stereocenters. The van der Waals surface area contributed by atoms with Gasteiger partial charge in [0.05, 0.1) is 0 Å². The summed E-state index contributed by atoms with van der Waals surface area (Å²) in [6, 6.07) is 9.03. The Labute approximate surface area is 122 Å². The van der Waals surface area contributed by atoms with Crippen molar-refractivity contribution in [2.75, 3.05) is 0 Å². The number of rotatable bonds is 3. The molecule has 1 aliphatic rings. The molecule has 0 saturated heterocycles. The van der Waals surface area contributed by atoms with Gasteiger partial charge in [0.15, 0.2) is 0 Å². The van der Waals surface area contributed by atoms with Crippen molar-refractivity contribution in [3.05, 3.63) is 35.4 Å². The predicted molar refractivity (Wildman–Crippen MR) is 82.1 cm³/mol. The molecule has 1 saturated carbocycles. The van der Waals surface area contributed by atoms with Gasteiger partial charge in [0, 0.05) is 6.42 Å². The number of hydrogen-bond acceptors (Lipinski definition) is 1. The summed E-state index contributed by atoms with van der Waals surface area (Å²) in [4.78, 5) is 10.8. The molecule has 1 N–H and O–H groups in total. The Bertz CT molecular complexity index is 445. The number of aliphatic carboxylic acids is 1. The van der Waals surface area contributed by atoms with E-state index in [0.29, 0.717) is 18.3 Å². The Balaban J connectivity index is 1.95. The first-order valence-electron chi connectivity index (χ1n) is 7.68. The van der Waals surface area contributed by atoms with Crippen LogP contribution in [0.4, 0.5) is 0 Å². The molecule has 2 rings (SSSR count). The van der Waals surface area contributed by atoms with Crippen LogP contribution < -0.4 is 0 Å². The van der Waals surface area contributed by atoms with Gasteiger partial charge < -0.3 is 5.11 Å². The van der Waals surface area contributed by atoms with Crippen LogP contribution in [0.15, 0.2) is 24.3 Å². The smallest absolute Gasteiger partial charge is 0.303 e. The maximum atomic E-state index is 10.8. The van der Waals surface area contributed by atoms with E-state index in [0.717, 1.165) is 25.7 Å². The van der Waals surface area contributed by atoms with Crippen LogP contribution >= 0.6 is 0 Å². The van der Waals surface area contributed by atoms with Crippen LogP contribution in [-0.2, 0) is 10.2 Å². The quantitative estimate of drug-likeness (QED) is 0.865. The van der Waals surface area contributed by atoms with Crippen LogP contribution in [0, 0.1) is 5.92 Å². The molecule has 20 heavy (non-hydrogen) atoms. The van der Waals surface area contributed by atoms with Crippen molar-refractivity contribution in [2.45, 2.75) is 64.2 Å². The van der Waals surface area contributed by atoms with E-state index in [1.807, 2.05) is 0 Å². The maximum absolute atomic E-state index is 10.8. The molecule has 0 aromatic heterocycles. The van der Waals surface area contributed by atoms with Crippen LogP contribution in [-0.4, -0.2) is 11.1 Å². The summed E-state index contributed by atoms with van der Waals surface area (Å²) in [5.74, 6) is 0.356. The first-order valence-corrected chi connectivity index (χ1v) is 7.68. The largest absolute Gasteiger partial charge is 0.481 e. The third-order valence-corrected chi connectivity index (χ3v) is 4.56. The minimum atomic E-state index is -0.650. The zero-order valence-corrected chi connectivity index (χ0v) is 12.9. The molecule has 110 valence electrons. The molecule has 0 atom stereocenters. The zero-order chi connectivity index (χ0) is 14.8.